The lowest BCUT2D eigenvalue weighted by Crippen LogP contribution is -2.40. The summed E-state index contributed by atoms with van der Waals surface area (Å²) in [5, 5.41) is 11.0. The summed E-state index contributed by atoms with van der Waals surface area (Å²) >= 11 is 0. The molecule has 13 heavy (non-hydrogen) atoms. The van der Waals surface area contributed by atoms with Crippen LogP contribution >= 0.6 is 0 Å². The molecule has 0 saturated carbocycles. The predicted octanol–water partition coefficient (Wildman–Crippen LogP) is -0.295. The molecule has 0 bridgehead atoms. The minimum Gasteiger partial charge on any atom is -0.480 e. The van der Waals surface area contributed by atoms with E-state index in [1.165, 1.54) is 0 Å². The van der Waals surface area contributed by atoms with Crippen molar-refractivity contribution < 1.29 is 14.7 Å². The molecule has 1 amide bonds. The number of rotatable bonds is 6. The molecular weight excluding hydrogens is 172 g/mol. The van der Waals surface area contributed by atoms with Crippen LogP contribution in [0.3, 0.4) is 0 Å². The number of nitrogens with one attached hydrogen (secondary N) is 1. The van der Waals surface area contributed by atoms with Gasteiger partial charge in [0.2, 0.25) is 5.91 Å². The second-order valence-electron chi connectivity index (χ2n) is 2.76. The number of carboxylic acid groups (broad SMARTS) is 1. The molecule has 0 spiro atoms. The first kappa shape index (κ1) is 11.9. The van der Waals surface area contributed by atoms with Crippen LogP contribution in [-0.2, 0) is 9.59 Å². The highest BCUT2D eigenvalue weighted by Crippen LogP contribution is 1.93. The van der Waals surface area contributed by atoms with Crippen molar-refractivity contribution >= 4 is 11.9 Å². The number of hydrogen-bond donors (Lipinski definition) is 3. The topological polar surface area (TPSA) is 92.4 Å². The van der Waals surface area contributed by atoms with Crippen LogP contribution in [-0.4, -0.2) is 29.6 Å². The highest BCUT2D eigenvalue weighted by atomic mass is 16.4. The van der Waals surface area contributed by atoms with Gasteiger partial charge in [-0.15, -0.1) is 0 Å². The molecule has 0 aromatic carbocycles. The van der Waals surface area contributed by atoms with E-state index >= 15 is 0 Å². The normalized spacial score (nSPS) is 12.2. The summed E-state index contributed by atoms with van der Waals surface area (Å²) in [5.41, 5.74) is 5.20. The molecule has 1 atom stereocenters. The van der Waals surface area contributed by atoms with Crippen molar-refractivity contribution in [3.8, 4) is 0 Å². The fraction of sp³-hybridized carbons (Fsp3) is 0.750. The van der Waals surface area contributed by atoms with Gasteiger partial charge in [-0.2, -0.15) is 0 Å². The van der Waals surface area contributed by atoms with Crippen molar-refractivity contribution in [1.82, 2.24) is 5.32 Å². The van der Waals surface area contributed by atoms with E-state index in [0.29, 0.717) is 25.8 Å². The SMILES string of the molecule is CC[C@@H](NC(=O)CCCN)C(=O)O. The van der Waals surface area contributed by atoms with Crippen LogP contribution in [0.25, 0.3) is 0 Å². The number of aliphatic carboxylic acids is 1. The molecule has 5 heteroatoms. The summed E-state index contributed by atoms with van der Waals surface area (Å²) in [4.78, 5) is 21.5. The molecular formula is C8H16N2O3. The Hall–Kier alpha value is -1.10. The average molecular weight is 188 g/mol. The van der Waals surface area contributed by atoms with E-state index in [9.17, 15) is 9.59 Å². The van der Waals surface area contributed by atoms with E-state index in [0.717, 1.165) is 0 Å². The lowest BCUT2D eigenvalue weighted by Gasteiger charge is -2.11. The van der Waals surface area contributed by atoms with Gasteiger partial charge in [-0.05, 0) is 19.4 Å². The van der Waals surface area contributed by atoms with Gasteiger partial charge in [0, 0.05) is 6.42 Å². The summed E-state index contributed by atoms with van der Waals surface area (Å²) in [5.74, 6) is -1.25. The van der Waals surface area contributed by atoms with Gasteiger partial charge in [0.25, 0.3) is 0 Å². The number of carbonyl (C=O) groups excluding carboxylic acids is 1. The van der Waals surface area contributed by atoms with Gasteiger partial charge in [-0.1, -0.05) is 6.92 Å². The molecule has 0 aromatic rings. The highest BCUT2D eigenvalue weighted by molar-refractivity contribution is 5.83. The minimum absolute atomic E-state index is 0.250. The molecule has 0 aliphatic rings. The zero-order valence-electron chi connectivity index (χ0n) is 7.75. The first-order chi connectivity index (χ1) is 6.11. The van der Waals surface area contributed by atoms with E-state index in [1.807, 2.05) is 0 Å². The monoisotopic (exact) mass is 188 g/mol. The smallest absolute Gasteiger partial charge is 0.326 e. The van der Waals surface area contributed by atoms with Crippen LogP contribution in [0.15, 0.2) is 0 Å². The minimum atomic E-state index is -0.997. The molecule has 0 rings (SSSR count). The molecule has 0 aliphatic carbocycles. The second-order valence-corrected chi connectivity index (χ2v) is 2.76. The summed E-state index contributed by atoms with van der Waals surface area (Å²) in [6, 6.07) is -0.773. The maximum atomic E-state index is 11.0. The summed E-state index contributed by atoms with van der Waals surface area (Å²) in [6.45, 7) is 2.15. The molecule has 0 aromatic heterocycles. The molecule has 0 heterocycles. The Morgan fingerprint density at radius 1 is 1.54 bits per heavy atom. The fourth-order valence-corrected chi connectivity index (χ4v) is 0.868. The van der Waals surface area contributed by atoms with Crippen LogP contribution < -0.4 is 11.1 Å². The van der Waals surface area contributed by atoms with Crippen LogP contribution in [0.1, 0.15) is 26.2 Å². The second kappa shape index (κ2) is 6.42. The van der Waals surface area contributed by atoms with Crippen molar-refractivity contribution in [2.45, 2.75) is 32.2 Å². The molecule has 0 saturated heterocycles. The average Bonchev–Trinajstić information content (AvgIpc) is 2.10. The molecule has 4 N–H and O–H groups in total. The van der Waals surface area contributed by atoms with E-state index in [2.05, 4.69) is 5.32 Å². The number of nitrogens with two attached hydrogens (primary N) is 1. The summed E-state index contributed by atoms with van der Waals surface area (Å²) in [7, 11) is 0. The first-order valence-electron chi connectivity index (χ1n) is 4.34. The van der Waals surface area contributed by atoms with E-state index in [4.69, 9.17) is 10.8 Å². The number of carboxylic acids is 1. The van der Waals surface area contributed by atoms with E-state index < -0.39 is 12.0 Å². The third-order valence-corrected chi connectivity index (χ3v) is 1.65. The Labute approximate surface area is 77.3 Å². The molecule has 76 valence electrons. The highest BCUT2D eigenvalue weighted by Gasteiger charge is 2.16. The Balaban J connectivity index is 3.80. The van der Waals surface area contributed by atoms with Crippen molar-refractivity contribution in [1.29, 1.82) is 0 Å². The number of amides is 1. The van der Waals surface area contributed by atoms with Crippen molar-refractivity contribution in [2.75, 3.05) is 6.54 Å². The summed E-state index contributed by atoms with van der Waals surface area (Å²) < 4.78 is 0. The zero-order valence-corrected chi connectivity index (χ0v) is 7.75. The van der Waals surface area contributed by atoms with Gasteiger partial charge in [0.1, 0.15) is 6.04 Å². The van der Waals surface area contributed by atoms with Crippen LogP contribution in [0, 0.1) is 0 Å². The quantitative estimate of drug-likeness (QED) is 0.533. The van der Waals surface area contributed by atoms with E-state index in [1.54, 1.807) is 6.92 Å². The molecule has 0 unspecified atom stereocenters. The standard InChI is InChI=1S/C8H16N2O3/c1-2-6(8(12)13)10-7(11)4-3-5-9/h6H,2-5,9H2,1H3,(H,10,11)(H,12,13)/t6-/m1/s1. The molecule has 5 nitrogen and oxygen atoms in total. The van der Waals surface area contributed by atoms with E-state index in [-0.39, 0.29) is 5.91 Å². The predicted molar refractivity (Wildman–Crippen MR) is 48.1 cm³/mol. The van der Waals surface area contributed by atoms with Crippen LogP contribution in [0.4, 0.5) is 0 Å². The third-order valence-electron chi connectivity index (χ3n) is 1.65. The summed E-state index contributed by atoms with van der Waals surface area (Å²) in [6.07, 6.45) is 1.27. The zero-order chi connectivity index (χ0) is 10.3. The Kier molecular flexibility index (Phi) is 5.88. The van der Waals surface area contributed by atoms with Gasteiger partial charge >= 0.3 is 5.97 Å². The van der Waals surface area contributed by atoms with Crippen LogP contribution in [0.2, 0.25) is 0 Å². The van der Waals surface area contributed by atoms with Gasteiger partial charge < -0.3 is 16.2 Å². The number of carbonyl (C=O) groups is 2. The van der Waals surface area contributed by atoms with Crippen LogP contribution in [0.5, 0.6) is 0 Å². The molecule has 0 radical (unpaired) electrons. The third kappa shape index (κ3) is 5.19. The van der Waals surface area contributed by atoms with Crippen molar-refractivity contribution in [3.05, 3.63) is 0 Å². The Morgan fingerprint density at radius 3 is 2.54 bits per heavy atom. The Morgan fingerprint density at radius 2 is 2.15 bits per heavy atom. The lowest BCUT2D eigenvalue weighted by atomic mass is 10.2. The Bertz CT molecular complexity index is 182. The lowest BCUT2D eigenvalue weighted by molar-refractivity contribution is -0.141. The van der Waals surface area contributed by atoms with Gasteiger partial charge in [0.15, 0.2) is 0 Å². The van der Waals surface area contributed by atoms with Gasteiger partial charge in [-0.25, -0.2) is 4.79 Å². The van der Waals surface area contributed by atoms with Gasteiger partial charge in [-0.3, -0.25) is 4.79 Å². The number of hydrogen-bond acceptors (Lipinski definition) is 3. The molecule has 0 aliphatic heterocycles. The molecule has 0 fully saturated rings. The fourth-order valence-electron chi connectivity index (χ4n) is 0.868. The maximum Gasteiger partial charge on any atom is 0.326 e. The van der Waals surface area contributed by atoms with Crippen molar-refractivity contribution in [2.24, 2.45) is 5.73 Å². The maximum absolute atomic E-state index is 11.0. The first-order valence-corrected chi connectivity index (χ1v) is 4.34. The largest absolute Gasteiger partial charge is 0.480 e. The van der Waals surface area contributed by atoms with Gasteiger partial charge in [0.05, 0.1) is 0 Å². The van der Waals surface area contributed by atoms with Crippen molar-refractivity contribution in [3.63, 3.8) is 0 Å².